The Balaban J connectivity index is 3.08. The van der Waals surface area contributed by atoms with Crippen molar-refractivity contribution in [2.24, 2.45) is 0 Å². The lowest BCUT2D eigenvalue weighted by atomic mass is 10.2. The molecule has 0 spiro atoms. The van der Waals surface area contributed by atoms with Crippen molar-refractivity contribution in [3.63, 3.8) is 0 Å². The van der Waals surface area contributed by atoms with Gasteiger partial charge in [0.1, 0.15) is 11.5 Å². The van der Waals surface area contributed by atoms with Crippen molar-refractivity contribution in [2.45, 2.75) is 6.29 Å². The normalized spacial score (nSPS) is 12.3. The second-order valence-electron chi connectivity index (χ2n) is 2.70. The van der Waals surface area contributed by atoms with Crippen molar-refractivity contribution in [1.82, 2.24) is 0 Å². The third-order valence-corrected chi connectivity index (χ3v) is 1.93. The van der Waals surface area contributed by atoms with Crippen LogP contribution in [0, 0.1) is 0 Å². The molecule has 0 saturated heterocycles. The Morgan fingerprint density at radius 2 is 1.86 bits per heavy atom. The first-order chi connectivity index (χ1) is 6.72. The van der Waals surface area contributed by atoms with Gasteiger partial charge in [0.2, 0.25) is 0 Å². The van der Waals surface area contributed by atoms with Gasteiger partial charge in [0.25, 0.3) is 0 Å². The molecule has 4 heteroatoms. The van der Waals surface area contributed by atoms with Crippen molar-refractivity contribution < 1.29 is 19.3 Å². The van der Waals surface area contributed by atoms with Crippen LogP contribution in [0.5, 0.6) is 11.5 Å². The van der Waals surface area contributed by atoms with Crippen LogP contribution in [0.2, 0.25) is 0 Å². The molecule has 14 heavy (non-hydrogen) atoms. The molecular weight excluding hydrogens is 184 g/mol. The Labute approximate surface area is 83.0 Å². The number of hydrogen-bond donors (Lipinski definition) is 1. The van der Waals surface area contributed by atoms with Gasteiger partial charge in [0.05, 0.1) is 19.8 Å². The van der Waals surface area contributed by atoms with E-state index in [2.05, 4.69) is 0 Å². The van der Waals surface area contributed by atoms with Crippen molar-refractivity contribution in [3.05, 3.63) is 23.8 Å². The molecule has 1 aromatic rings. The Kier molecular flexibility index (Phi) is 3.73. The summed E-state index contributed by atoms with van der Waals surface area (Å²) in [5, 5.41) is 9.50. The second-order valence-corrected chi connectivity index (χ2v) is 2.70. The zero-order valence-corrected chi connectivity index (χ0v) is 8.48. The quantitative estimate of drug-likeness (QED) is 0.742. The Hall–Kier alpha value is -1.26. The van der Waals surface area contributed by atoms with Crippen molar-refractivity contribution in [3.8, 4) is 11.5 Å². The maximum absolute atomic E-state index is 9.50. The van der Waals surface area contributed by atoms with Crippen LogP contribution in [-0.2, 0) is 4.74 Å². The lowest BCUT2D eigenvalue weighted by molar-refractivity contribution is -0.0781. The number of aliphatic hydroxyl groups excluding tert-OH is 1. The monoisotopic (exact) mass is 198 g/mol. The molecule has 0 radical (unpaired) electrons. The molecule has 0 aliphatic carbocycles. The molecule has 78 valence electrons. The number of ether oxygens (including phenoxy) is 3. The summed E-state index contributed by atoms with van der Waals surface area (Å²) in [6, 6.07) is 5.15. The van der Waals surface area contributed by atoms with Gasteiger partial charge in [-0.25, -0.2) is 0 Å². The van der Waals surface area contributed by atoms with Crippen LogP contribution in [-0.4, -0.2) is 26.4 Å². The largest absolute Gasteiger partial charge is 0.497 e. The lowest BCUT2D eigenvalue weighted by Gasteiger charge is -2.14. The molecule has 0 bridgehead atoms. The first-order valence-corrected chi connectivity index (χ1v) is 4.15. The minimum atomic E-state index is -1.000. The Morgan fingerprint density at radius 1 is 1.14 bits per heavy atom. The van der Waals surface area contributed by atoms with Crippen LogP contribution >= 0.6 is 0 Å². The average Bonchev–Trinajstić information content (AvgIpc) is 2.27. The first kappa shape index (κ1) is 10.8. The third kappa shape index (κ3) is 2.16. The molecule has 1 aromatic carbocycles. The van der Waals surface area contributed by atoms with E-state index in [-0.39, 0.29) is 0 Å². The molecule has 1 unspecified atom stereocenters. The Bertz CT molecular complexity index is 298. The topological polar surface area (TPSA) is 47.9 Å². The van der Waals surface area contributed by atoms with E-state index < -0.39 is 6.29 Å². The highest BCUT2D eigenvalue weighted by Gasteiger charge is 2.13. The highest BCUT2D eigenvalue weighted by molar-refractivity contribution is 5.40. The summed E-state index contributed by atoms with van der Waals surface area (Å²) in [6.07, 6.45) is -1.000. The van der Waals surface area contributed by atoms with Gasteiger partial charge in [-0.1, -0.05) is 0 Å². The minimum Gasteiger partial charge on any atom is -0.497 e. The van der Waals surface area contributed by atoms with Crippen molar-refractivity contribution in [2.75, 3.05) is 21.3 Å². The number of hydrogen-bond acceptors (Lipinski definition) is 4. The molecule has 0 aromatic heterocycles. The Morgan fingerprint density at radius 3 is 2.36 bits per heavy atom. The maximum Gasteiger partial charge on any atom is 0.184 e. The van der Waals surface area contributed by atoms with Gasteiger partial charge in [0.15, 0.2) is 6.29 Å². The van der Waals surface area contributed by atoms with E-state index in [1.54, 1.807) is 25.3 Å². The van der Waals surface area contributed by atoms with Gasteiger partial charge >= 0.3 is 0 Å². The zero-order chi connectivity index (χ0) is 10.6. The van der Waals surface area contributed by atoms with Gasteiger partial charge in [0, 0.05) is 7.11 Å². The average molecular weight is 198 g/mol. The molecule has 0 fully saturated rings. The summed E-state index contributed by atoms with van der Waals surface area (Å²) in [5.41, 5.74) is 0.550. The SMILES string of the molecule is COc1ccc(OC)c(C(O)OC)c1. The van der Waals surface area contributed by atoms with Gasteiger partial charge in [-0.2, -0.15) is 0 Å². The molecular formula is C10H14O4. The molecule has 0 aliphatic heterocycles. The van der Waals surface area contributed by atoms with Crippen LogP contribution < -0.4 is 9.47 Å². The summed E-state index contributed by atoms with van der Waals surface area (Å²) in [7, 11) is 4.52. The number of benzene rings is 1. The standard InChI is InChI=1S/C10H14O4/c1-12-7-4-5-9(13-2)8(6-7)10(11)14-3/h4-6,10-11H,1-3H3. The zero-order valence-electron chi connectivity index (χ0n) is 8.48. The molecule has 1 atom stereocenters. The highest BCUT2D eigenvalue weighted by Crippen LogP contribution is 2.29. The fourth-order valence-electron chi connectivity index (χ4n) is 1.16. The summed E-state index contributed by atoms with van der Waals surface area (Å²) < 4.78 is 14.9. The lowest BCUT2D eigenvalue weighted by Crippen LogP contribution is -2.02. The predicted molar refractivity (Wildman–Crippen MR) is 51.5 cm³/mol. The third-order valence-electron chi connectivity index (χ3n) is 1.93. The van der Waals surface area contributed by atoms with Gasteiger partial charge < -0.3 is 19.3 Å². The smallest absolute Gasteiger partial charge is 0.184 e. The predicted octanol–water partition coefficient (Wildman–Crippen LogP) is 1.34. The van der Waals surface area contributed by atoms with E-state index in [1.165, 1.54) is 14.2 Å². The van der Waals surface area contributed by atoms with Gasteiger partial charge in [-0.15, -0.1) is 0 Å². The fraction of sp³-hybridized carbons (Fsp3) is 0.400. The summed E-state index contributed by atoms with van der Waals surface area (Å²) in [6.45, 7) is 0. The number of aliphatic hydroxyl groups is 1. The second kappa shape index (κ2) is 4.83. The fourth-order valence-corrected chi connectivity index (χ4v) is 1.16. The van der Waals surface area contributed by atoms with E-state index >= 15 is 0 Å². The van der Waals surface area contributed by atoms with E-state index in [4.69, 9.17) is 14.2 Å². The van der Waals surface area contributed by atoms with E-state index in [0.29, 0.717) is 17.1 Å². The van der Waals surface area contributed by atoms with Crippen LogP contribution in [0.25, 0.3) is 0 Å². The minimum absolute atomic E-state index is 0.550. The maximum atomic E-state index is 9.50. The number of rotatable bonds is 4. The van der Waals surface area contributed by atoms with Crippen molar-refractivity contribution in [1.29, 1.82) is 0 Å². The molecule has 0 heterocycles. The summed E-state index contributed by atoms with van der Waals surface area (Å²) in [4.78, 5) is 0. The summed E-state index contributed by atoms with van der Waals surface area (Å²) in [5.74, 6) is 1.22. The van der Waals surface area contributed by atoms with E-state index in [1.807, 2.05) is 0 Å². The highest BCUT2D eigenvalue weighted by atomic mass is 16.6. The van der Waals surface area contributed by atoms with Crippen LogP contribution in [0.1, 0.15) is 11.9 Å². The first-order valence-electron chi connectivity index (χ1n) is 4.15. The van der Waals surface area contributed by atoms with Gasteiger partial charge in [-0.05, 0) is 18.2 Å². The van der Waals surface area contributed by atoms with E-state index in [0.717, 1.165) is 0 Å². The van der Waals surface area contributed by atoms with Crippen LogP contribution in [0.3, 0.4) is 0 Å². The molecule has 0 aliphatic rings. The molecule has 4 nitrogen and oxygen atoms in total. The molecule has 1 rings (SSSR count). The molecule has 0 saturated carbocycles. The molecule has 0 amide bonds. The van der Waals surface area contributed by atoms with Gasteiger partial charge in [-0.3, -0.25) is 0 Å². The number of methoxy groups -OCH3 is 3. The van der Waals surface area contributed by atoms with E-state index in [9.17, 15) is 5.11 Å². The molecule has 1 N–H and O–H groups in total. The van der Waals surface area contributed by atoms with Crippen LogP contribution in [0.15, 0.2) is 18.2 Å². The van der Waals surface area contributed by atoms with Crippen molar-refractivity contribution >= 4 is 0 Å². The summed E-state index contributed by atoms with van der Waals surface area (Å²) >= 11 is 0. The van der Waals surface area contributed by atoms with Crippen LogP contribution in [0.4, 0.5) is 0 Å².